The largest absolute Gasteiger partial charge is 0.743 e. The molecule has 0 aliphatic carbocycles. The Labute approximate surface area is 80.1 Å². The van der Waals surface area contributed by atoms with Crippen molar-refractivity contribution in [2.24, 2.45) is 0 Å². The zero-order valence-electron chi connectivity index (χ0n) is 8.09. The Balaban J connectivity index is 3.58. The second kappa shape index (κ2) is 6.24. The summed E-state index contributed by atoms with van der Waals surface area (Å²) in [7, 11) is 0. The van der Waals surface area contributed by atoms with Crippen molar-refractivity contribution in [2.45, 2.75) is 33.8 Å². The van der Waals surface area contributed by atoms with E-state index in [1.165, 1.54) is 0 Å². The van der Waals surface area contributed by atoms with Crippen LogP contribution in [0.4, 0.5) is 0 Å². The van der Waals surface area contributed by atoms with Gasteiger partial charge in [0.15, 0.2) is 0 Å². The van der Waals surface area contributed by atoms with Gasteiger partial charge in [0.05, 0.1) is 0 Å². The molecule has 0 rings (SSSR count). The Morgan fingerprint density at radius 2 is 2.08 bits per heavy atom. The molecule has 0 saturated carbocycles. The molecule has 0 saturated heterocycles. The van der Waals surface area contributed by atoms with Gasteiger partial charge >= 0.3 is 15.9 Å². The zero-order chi connectivity index (χ0) is 9.56. The molecule has 0 amide bonds. The minimum absolute atomic E-state index is 0.148. The molecule has 0 aromatic rings. The monoisotopic (exact) mass is 186 g/mol. The first-order chi connectivity index (χ1) is 5.57. The average Bonchev–Trinajstić information content (AvgIpc) is 2.02. The summed E-state index contributed by atoms with van der Waals surface area (Å²) >= 11 is -1.13. The molecule has 0 fully saturated rings. The highest BCUT2D eigenvalue weighted by molar-refractivity contribution is 6.23. The van der Waals surface area contributed by atoms with Crippen LogP contribution in [0.25, 0.3) is 0 Å². The van der Waals surface area contributed by atoms with E-state index < -0.39 is 15.9 Å². The highest BCUT2D eigenvalue weighted by atomic mass is 27.2. The van der Waals surface area contributed by atoms with Gasteiger partial charge in [-0.25, -0.2) is 0 Å². The predicted octanol–water partition coefficient (Wildman–Crippen LogP) is 1.19. The van der Waals surface area contributed by atoms with E-state index in [1.807, 2.05) is 13.8 Å². The van der Waals surface area contributed by atoms with Gasteiger partial charge in [0.2, 0.25) is 0 Å². The van der Waals surface area contributed by atoms with Gasteiger partial charge in [0.25, 0.3) is 5.97 Å². The lowest BCUT2D eigenvalue weighted by Gasteiger charge is -2.07. The fourth-order valence-corrected chi connectivity index (χ4v) is 1.13. The molecule has 0 unspecified atom stereocenters. The van der Waals surface area contributed by atoms with E-state index in [2.05, 4.69) is 0 Å². The summed E-state index contributed by atoms with van der Waals surface area (Å²) in [5, 5.41) is 0. The fraction of sp³-hybridized carbons (Fsp3) is 0.625. The van der Waals surface area contributed by atoms with Crippen molar-refractivity contribution in [1.82, 2.24) is 0 Å². The minimum atomic E-state index is -1.13. The highest BCUT2D eigenvalue weighted by Gasteiger charge is 2.08. The van der Waals surface area contributed by atoms with Gasteiger partial charge in [0.1, 0.15) is 0 Å². The summed E-state index contributed by atoms with van der Waals surface area (Å²) in [6, 6.07) is 0. The van der Waals surface area contributed by atoms with Gasteiger partial charge in [0, 0.05) is 11.7 Å². The van der Waals surface area contributed by atoms with Crippen LogP contribution >= 0.6 is 0 Å². The molecule has 0 atom stereocenters. The molecule has 68 valence electrons. The number of rotatable bonds is 4. The third kappa shape index (κ3) is 5.37. The Kier molecular flexibility index (Phi) is 6.09. The summed E-state index contributed by atoms with van der Waals surface area (Å²) in [4.78, 5) is 11.0. The molecule has 0 radical (unpaired) electrons. The van der Waals surface area contributed by atoms with Crippen molar-refractivity contribution in [1.29, 1.82) is 0 Å². The van der Waals surface area contributed by atoms with Gasteiger partial charge in [-0.2, -0.15) is 0 Å². The fourth-order valence-electron chi connectivity index (χ4n) is 0.455. The maximum atomic E-state index is 11.0. The first kappa shape index (κ1) is 11.7. The average molecular weight is 186 g/mol. The molecule has 0 bridgehead atoms. The Bertz CT molecular complexity index is 175. The van der Waals surface area contributed by atoms with Crippen molar-refractivity contribution in [3.63, 3.8) is 0 Å². The van der Waals surface area contributed by atoms with Crippen LogP contribution in [0.2, 0.25) is 0 Å². The van der Waals surface area contributed by atoms with Crippen molar-refractivity contribution in [3.05, 3.63) is 11.6 Å². The molecule has 0 aliphatic rings. The van der Waals surface area contributed by atoms with Crippen LogP contribution < -0.4 is 0 Å². The van der Waals surface area contributed by atoms with Crippen LogP contribution in [-0.4, -0.2) is 28.0 Å². The Morgan fingerprint density at radius 1 is 1.50 bits per heavy atom. The second-order valence-electron chi connectivity index (χ2n) is 2.74. The van der Waals surface area contributed by atoms with Gasteiger partial charge in [-0.3, -0.25) is 4.79 Å². The standard InChI is InChI=1S/C5H8O2.C3H7O.Al.H/c1-3-4(2)5(6)7;1-3(2)4;;/h3H,1-2H3,(H,6,7);3H,1-2H3;;/q;-1;+2;/p-1. The molecular weight excluding hydrogens is 171 g/mol. The number of hydrogen-bond acceptors (Lipinski definition) is 3. The summed E-state index contributed by atoms with van der Waals surface area (Å²) in [5.74, 6) is -0.259. The first-order valence-electron chi connectivity index (χ1n) is 3.99. The van der Waals surface area contributed by atoms with Crippen LogP contribution in [0.15, 0.2) is 11.6 Å². The third-order valence-corrected chi connectivity index (χ3v) is 2.53. The van der Waals surface area contributed by atoms with E-state index in [4.69, 9.17) is 7.58 Å². The van der Waals surface area contributed by atoms with E-state index in [-0.39, 0.29) is 12.1 Å². The SMILES string of the molecule is CC=C(C)C(=O)[O][AlH][O]C(C)C. The van der Waals surface area contributed by atoms with Gasteiger partial charge in [-0.05, 0) is 27.7 Å². The topological polar surface area (TPSA) is 35.5 Å². The van der Waals surface area contributed by atoms with E-state index in [0.717, 1.165) is 0 Å². The molecule has 4 heteroatoms. The van der Waals surface area contributed by atoms with Gasteiger partial charge in [-0.1, -0.05) is 6.08 Å². The van der Waals surface area contributed by atoms with Crippen LogP contribution in [-0.2, 0) is 12.4 Å². The van der Waals surface area contributed by atoms with Crippen molar-refractivity contribution < 1.29 is 12.4 Å². The van der Waals surface area contributed by atoms with Crippen LogP contribution in [0.1, 0.15) is 27.7 Å². The van der Waals surface area contributed by atoms with Crippen LogP contribution in [0, 0.1) is 0 Å². The molecular formula is C8H15AlO3. The minimum Gasteiger partial charge on any atom is -0.594 e. The quantitative estimate of drug-likeness (QED) is 0.488. The van der Waals surface area contributed by atoms with Crippen LogP contribution in [0.5, 0.6) is 0 Å². The maximum absolute atomic E-state index is 11.0. The lowest BCUT2D eigenvalue weighted by Crippen LogP contribution is -2.15. The summed E-state index contributed by atoms with van der Waals surface area (Å²) in [5.41, 5.74) is 0.634. The number of carbonyl (C=O) groups excluding carboxylic acids is 1. The molecule has 0 aromatic heterocycles. The van der Waals surface area contributed by atoms with Crippen molar-refractivity contribution in [2.75, 3.05) is 0 Å². The zero-order valence-corrected chi connectivity index (χ0v) is 9.50. The summed E-state index contributed by atoms with van der Waals surface area (Å²) in [6.45, 7) is 7.38. The molecule has 0 aliphatic heterocycles. The normalized spacial score (nSPS) is 11.6. The molecule has 12 heavy (non-hydrogen) atoms. The molecule has 0 spiro atoms. The Morgan fingerprint density at radius 3 is 2.50 bits per heavy atom. The number of hydrogen-bond donors (Lipinski definition) is 0. The van der Waals surface area contributed by atoms with E-state index in [0.29, 0.717) is 5.57 Å². The lowest BCUT2D eigenvalue weighted by molar-refractivity contribution is -0.131. The number of carbonyl (C=O) groups is 1. The summed E-state index contributed by atoms with van der Waals surface area (Å²) in [6.07, 6.45) is 1.88. The van der Waals surface area contributed by atoms with Gasteiger partial charge in [-0.15, -0.1) is 0 Å². The molecule has 0 aromatic carbocycles. The number of allylic oxidation sites excluding steroid dienone is 1. The van der Waals surface area contributed by atoms with Gasteiger partial charge < -0.3 is 7.58 Å². The predicted molar refractivity (Wildman–Crippen MR) is 48.9 cm³/mol. The van der Waals surface area contributed by atoms with Crippen molar-refractivity contribution >= 4 is 21.9 Å². The van der Waals surface area contributed by atoms with Crippen molar-refractivity contribution in [3.8, 4) is 0 Å². The van der Waals surface area contributed by atoms with E-state index >= 15 is 0 Å². The first-order valence-corrected chi connectivity index (χ1v) is 5.15. The molecule has 0 heterocycles. The Hall–Kier alpha value is -0.298. The summed E-state index contributed by atoms with van der Waals surface area (Å²) < 4.78 is 10.1. The smallest absolute Gasteiger partial charge is 0.594 e. The molecule has 0 N–H and O–H groups in total. The third-order valence-electron chi connectivity index (χ3n) is 1.35. The van der Waals surface area contributed by atoms with E-state index in [1.54, 1.807) is 19.9 Å². The second-order valence-corrected chi connectivity index (χ2v) is 3.59. The highest BCUT2D eigenvalue weighted by Crippen LogP contribution is 1.95. The van der Waals surface area contributed by atoms with E-state index in [9.17, 15) is 4.79 Å². The maximum Gasteiger partial charge on any atom is 0.743 e. The van der Waals surface area contributed by atoms with Crippen LogP contribution in [0.3, 0.4) is 0 Å². The molecule has 3 nitrogen and oxygen atoms in total. The lowest BCUT2D eigenvalue weighted by atomic mass is 10.3.